The summed E-state index contributed by atoms with van der Waals surface area (Å²) in [6.07, 6.45) is 0.363. The van der Waals surface area contributed by atoms with Crippen molar-refractivity contribution in [2.75, 3.05) is 12.0 Å². The van der Waals surface area contributed by atoms with Gasteiger partial charge in [-0.25, -0.2) is 9.29 Å². The Morgan fingerprint density at radius 3 is 2.37 bits per heavy atom. The van der Waals surface area contributed by atoms with Gasteiger partial charge in [0.25, 0.3) is 11.8 Å². The zero-order valence-electron chi connectivity index (χ0n) is 17.5. The molecule has 3 rings (SSSR count). The Balaban J connectivity index is 2.00. The first-order chi connectivity index (χ1) is 14.2. The number of carbonyl (C=O) groups is 3. The molecule has 1 saturated heterocycles. The molecule has 0 radical (unpaired) electrons. The first-order valence-corrected chi connectivity index (χ1v) is 9.80. The smallest absolute Gasteiger partial charge is 0.257 e. The van der Waals surface area contributed by atoms with E-state index in [1.165, 1.54) is 30.2 Å². The van der Waals surface area contributed by atoms with Gasteiger partial charge in [-0.15, -0.1) is 0 Å². The van der Waals surface area contributed by atoms with E-state index in [1.54, 1.807) is 44.2 Å². The van der Waals surface area contributed by atoms with Crippen LogP contribution in [-0.4, -0.2) is 41.3 Å². The van der Waals surface area contributed by atoms with Crippen molar-refractivity contribution in [3.8, 4) is 5.75 Å². The third kappa shape index (κ3) is 3.79. The largest absolute Gasteiger partial charge is 0.497 e. The highest BCUT2D eigenvalue weighted by Gasteiger charge is 2.48. The van der Waals surface area contributed by atoms with E-state index in [1.807, 2.05) is 6.92 Å². The molecule has 7 heteroatoms. The van der Waals surface area contributed by atoms with Crippen LogP contribution < -0.4 is 9.64 Å². The van der Waals surface area contributed by atoms with Crippen molar-refractivity contribution >= 4 is 23.4 Å². The van der Waals surface area contributed by atoms with Crippen molar-refractivity contribution < 1.29 is 23.5 Å². The molecule has 0 aromatic heterocycles. The predicted molar refractivity (Wildman–Crippen MR) is 111 cm³/mol. The molecule has 158 valence electrons. The van der Waals surface area contributed by atoms with Crippen LogP contribution in [0.5, 0.6) is 5.75 Å². The SMILES string of the molecule is CCC(C)(C)N(C(=O)c1ccccc1F)C1CC(=O)N(c2ccc(OC)cc2)C1=O. The Hall–Kier alpha value is -3.22. The Bertz CT molecular complexity index is 971. The summed E-state index contributed by atoms with van der Waals surface area (Å²) in [6.45, 7) is 5.49. The fourth-order valence-corrected chi connectivity index (χ4v) is 3.59. The Labute approximate surface area is 175 Å². The minimum Gasteiger partial charge on any atom is -0.497 e. The number of rotatable bonds is 6. The summed E-state index contributed by atoms with van der Waals surface area (Å²) in [7, 11) is 1.52. The monoisotopic (exact) mass is 412 g/mol. The highest BCUT2D eigenvalue weighted by atomic mass is 19.1. The van der Waals surface area contributed by atoms with Crippen molar-refractivity contribution in [2.45, 2.75) is 45.2 Å². The third-order valence-corrected chi connectivity index (χ3v) is 5.61. The number of imide groups is 1. The zero-order chi connectivity index (χ0) is 22.1. The topological polar surface area (TPSA) is 66.9 Å². The first kappa shape index (κ1) is 21.5. The van der Waals surface area contributed by atoms with Gasteiger partial charge < -0.3 is 9.64 Å². The maximum absolute atomic E-state index is 14.3. The van der Waals surface area contributed by atoms with E-state index >= 15 is 0 Å². The number of nitrogens with zero attached hydrogens (tertiary/aromatic N) is 2. The molecule has 30 heavy (non-hydrogen) atoms. The quantitative estimate of drug-likeness (QED) is 0.677. The standard InChI is InChI=1S/C23H25FN2O4/c1-5-23(2,3)26(21(28)17-8-6-7-9-18(17)24)19-14-20(27)25(22(19)29)15-10-12-16(30-4)13-11-15/h6-13,19H,5,14H2,1-4H3. The van der Waals surface area contributed by atoms with E-state index in [4.69, 9.17) is 4.74 Å². The molecule has 1 aliphatic heterocycles. The molecule has 2 aromatic rings. The van der Waals surface area contributed by atoms with Gasteiger partial charge in [0.05, 0.1) is 24.8 Å². The van der Waals surface area contributed by atoms with E-state index in [9.17, 15) is 18.8 Å². The van der Waals surface area contributed by atoms with Crippen LogP contribution in [0.4, 0.5) is 10.1 Å². The third-order valence-electron chi connectivity index (χ3n) is 5.61. The Morgan fingerprint density at radius 2 is 1.80 bits per heavy atom. The molecule has 1 unspecified atom stereocenters. The van der Waals surface area contributed by atoms with Crippen molar-refractivity contribution in [1.29, 1.82) is 0 Å². The van der Waals surface area contributed by atoms with Gasteiger partial charge >= 0.3 is 0 Å². The van der Waals surface area contributed by atoms with Crippen LogP contribution in [0.3, 0.4) is 0 Å². The normalized spacial score (nSPS) is 16.7. The molecular formula is C23H25FN2O4. The maximum Gasteiger partial charge on any atom is 0.257 e. The van der Waals surface area contributed by atoms with Crippen molar-refractivity contribution in [2.24, 2.45) is 0 Å². The molecule has 0 N–H and O–H groups in total. The molecule has 1 aliphatic rings. The molecule has 0 saturated carbocycles. The number of anilines is 1. The van der Waals surface area contributed by atoms with Crippen LogP contribution in [0, 0.1) is 5.82 Å². The van der Waals surface area contributed by atoms with Crippen LogP contribution in [-0.2, 0) is 9.59 Å². The van der Waals surface area contributed by atoms with Crippen molar-refractivity contribution in [3.05, 3.63) is 59.9 Å². The minimum atomic E-state index is -1.01. The fourth-order valence-electron chi connectivity index (χ4n) is 3.59. The van der Waals surface area contributed by atoms with Crippen LogP contribution in [0.2, 0.25) is 0 Å². The second-order valence-corrected chi connectivity index (χ2v) is 7.81. The lowest BCUT2D eigenvalue weighted by molar-refractivity contribution is -0.123. The first-order valence-electron chi connectivity index (χ1n) is 9.80. The molecule has 1 fully saturated rings. The highest BCUT2D eigenvalue weighted by Crippen LogP contribution is 2.33. The second-order valence-electron chi connectivity index (χ2n) is 7.81. The lowest BCUT2D eigenvalue weighted by atomic mass is 9.94. The maximum atomic E-state index is 14.3. The number of hydrogen-bond donors (Lipinski definition) is 0. The van der Waals surface area contributed by atoms with Gasteiger partial charge in [0.2, 0.25) is 5.91 Å². The second kappa shape index (κ2) is 8.26. The minimum absolute atomic E-state index is 0.123. The fraction of sp³-hybridized carbons (Fsp3) is 0.348. The van der Waals surface area contributed by atoms with Crippen LogP contribution in [0.25, 0.3) is 0 Å². The predicted octanol–water partition coefficient (Wildman–Crippen LogP) is 3.80. The van der Waals surface area contributed by atoms with E-state index in [-0.39, 0.29) is 12.0 Å². The number of hydrogen-bond acceptors (Lipinski definition) is 4. The summed E-state index contributed by atoms with van der Waals surface area (Å²) in [5, 5.41) is 0. The number of halogens is 1. The summed E-state index contributed by atoms with van der Waals surface area (Å²) in [4.78, 5) is 41.8. The lowest BCUT2D eigenvalue weighted by Crippen LogP contribution is -2.55. The van der Waals surface area contributed by atoms with Crippen molar-refractivity contribution in [1.82, 2.24) is 4.90 Å². The van der Waals surface area contributed by atoms with Gasteiger partial charge in [0, 0.05) is 5.54 Å². The number of amides is 3. The molecule has 0 spiro atoms. The summed E-state index contributed by atoms with van der Waals surface area (Å²) in [5.41, 5.74) is -0.487. The van der Waals surface area contributed by atoms with E-state index in [0.29, 0.717) is 17.9 Å². The average Bonchev–Trinajstić information content (AvgIpc) is 3.02. The molecule has 3 amide bonds. The molecule has 2 aromatic carbocycles. The number of methoxy groups -OCH3 is 1. The average molecular weight is 412 g/mol. The summed E-state index contributed by atoms with van der Waals surface area (Å²) in [5.74, 6) is -1.59. The molecule has 1 heterocycles. The molecule has 1 atom stereocenters. The van der Waals surface area contributed by atoms with Crippen LogP contribution in [0.1, 0.15) is 44.0 Å². The van der Waals surface area contributed by atoms with E-state index in [2.05, 4.69) is 0 Å². The summed E-state index contributed by atoms with van der Waals surface area (Å²) in [6, 6.07) is 11.2. The summed E-state index contributed by atoms with van der Waals surface area (Å²) < 4.78 is 19.5. The molecule has 0 bridgehead atoms. The highest BCUT2D eigenvalue weighted by molar-refractivity contribution is 6.23. The number of ether oxygens (including phenoxy) is 1. The zero-order valence-corrected chi connectivity index (χ0v) is 17.5. The molecular weight excluding hydrogens is 387 g/mol. The van der Waals surface area contributed by atoms with Gasteiger partial charge in [0.1, 0.15) is 17.6 Å². The van der Waals surface area contributed by atoms with Crippen LogP contribution in [0.15, 0.2) is 48.5 Å². The van der Waals surface area contributed by atoms with Gasteiger partial charge in [-0.05, 0) is 56.7 Å². The van der Waals surface area contributed by atoms with Gasteiger partial charge in [-0.1, -0.05) is 19.1 Å². The van der Waals surface area contributed by atoms with E-state index in [0.717, 1.165) is 4.90 Å². The van der Waals surface area contributed by atoms with Gasteiger partial charge in [-0.2, -0.15) is 0 Å². The lowest BCUT2D eigenvalue weighted by Gasteiger charge is -2.41. The van der Waals surface area contributed by atoms with Gasteiger partial charge in [0.15, 0.2) is 0 Å². The van der Waals surface area contributed by atoms with Crippen LogP contribution >= 0.6 is 0 Å². The molecule has 0 aliphatic carbocycles. The Kier molecular flexibility index (Phi) is 5.92. The van der Waals surface area contributed by atoms with E-state index < -0.39 is 35.1 Å². The van der Waals surface area contributed by atoms with Crippen molar-refractivity contribution in [3.63, 3.8) is 0 Å². The van der Waals surface area contributed by atoms with Gasteiger partial charge in [-0.3, -0.25) is 14.4 Å². The molecule has 6 nitrogen and oxygen atoms in total. The number of carbonyl (C=O) groups excluding carboxylic acids is 3. The Morgan fingerprint density at radius 1 is 1.17 bits per heavy atom. The number of benzene rings is 2. The summed E-state index contributed by atoms with van der Waals surface area (Å²) >= 11 is 0.